The highest BCUT2D eigenvalue weighted by molar-refractivity contribution is 7.99. The minimum absolute atomic E-state index is 0.554. The number of aliphatic hydroxyl groups is 1. The zero-order valence-corrected chi connectivity index (χ0v) is 12.6. The van der Waals surface area contributed by atoms with E-state index >= 15 is 0 Å². The van der Waals surface area contributed by atoms with Crippen molar-refractivity contribution in [2.75, 3.05) is 17.2 Å². The van der Waals surface area contributed by atoms with Crippen LogP contribution < -0.4 is 5.73 Å². The third-order valence-electron chi connectivity index (χ3n) is 3.96. The first-order valence-corrected chi connectivity index (χ1v) is 8.32. The van der Waals surface area contributed by atoms with Gasteiger partial charge < -0.3 is 15.4 Å². The second-order valence-corrected chi connectivity index (χ2v) is 6.79. The number of nitrogens with zero attached hydrogens (tertiary/aromatic N) is 2. The van der Waals surface area contributed by atoms with Gasteiger partial charge in [-0.2, -0.15) is 11.8 Å². The summed E-state index contributed by atoms with van der Waals surface area (Å²) in [6.45, 7) is 2.72. The van der Waals surface area contributed by atoms with Crippen LogP contribution in [0.2, 0.25) is 0 Å². The maximum absolute atomic E-state index is 9.99. The smallest absolute Gasteiger partial charge is 0.138 e. The van der Waals surface area contributed by atoms with Crippen LogP contribution in [0.4, 0.5) is 5.69 Å². The number of nitrogens with two attached hydrogens (primary N) is 1. The molecule has 1 aromatic heterocycles. The number of benzene rings is 1. The number of thioether (sulfide) groups is 1. The van der Waals surface area contributed by atoms with E-state index in [4.69, 9.17) is 5.73 Å². The number of hydrogen-bond donors (Lipinski definition) is 2. The van der Waals surface area contributed by atoms with Gasteiger partial charge in [-0.15, -0.1) is 0 Å². The molecule has 3 N–H and O–H groups in total. The van der Waals surface area contributed by atoms with Crippen molar-refractivity contribution in [2.45, 2.75) is 32.4 Å². The number of imidazole rings is 1. The normalized spacial score (nSPS) is 18.5. The molecule has 5 heteroatoms. The summed E-state index contributed by atoms with van der Waals surface area (Å²) >= 11 is 2.04. The molecular weight excluding hydrogens is 270 g/mol. The first kappa shape index (κ1) is 13.8. The van der Waals surface area contributed by atoms with Crippen LogP contribution in [0.5, 0.6) is 0 Å². The van der Waals surface area contributed by atoms with Gasteiger partial charge in [-0.25, -0.2) is 4.98 Å². The van der Waals surface area contributed by atoms with Gasteiger partial charge in [0, 0.05) is 12.2 Å². The lowest BCUT2D eigenvalue weighted by atomic mass is 10.0. The van der Waals surface area contributed by atoms with Crippen molar-refractivity contribution in [2.24, 2.45) is 5.92 Å². The Bertz CT molecular complexity index is 602. The largest absolute Gasteiger partial charge is 0.399 e. The van der Waals surface area contributed by atoms with E-state index in [9.17, 15) is 5.11 Å². The van der Waals surface area contributed by atoms with Crippen molar-refractivity contribution in [3.8, 4) is 0 Å². The Labute approximate surface area is 123 Å². The van der Waals surface area contributed by atoms with Gasteiger partial charge in [-0.1, -0.05) is 0 Å². The molecule has 4 nitrogen and oxygen atoms in total. The predicted octanol–water partition coefficient (Wildman–Crippen LogP) is 2.82. The predicted molar refractivity (Wildman–Crippen MR) is 84.8 cm³/mol. The Balaban J connectivity index is 1.99. The zero-order valence-electron chi connectivity index (χ0n) is 11.7. The van der Waals surface area contributed by atoms with Crippen molar-refractivity contribution in [1.82, 2.24) is 9.55 Å². The molecule has 2 aromatic rings. The average molecular weight is 291 g/mol. The van der Waals surface area contributed by atoms with Crippen LogP contribution in [-0.2, 0) is 6.54 Å². The number of hydrogen-bond acceptors (Lipinski definition) is 4. The van der Waals surface area contributed by atoms with Gasteiger partial charge >= 0.3 is 0 Å². The molecule has 0 saturated carbocycles. The molecule has 1 saturated heterocycles. The third kappa shape index (κ3) is 2.65. The zero-order chi connectivity index (χ0) is 14.1. The molecule has 2 heterocycles. The Morgan fingerprint density at radius 3 is 2.90 bits per heavy atom. The fourth-order valence-corrected chi connectivity index (χ4v) is 4.07. The molecular formula is C15H21N3OS. The summed E-state index contributed by atoms with van der Waals surface area (Å²) < 4.78 is 2.18. The Hall–Kier alpha value is -1.20. The van der Waals surface area contributed by atoms with Crippen LogP contribution in [0.1, 0.15) is 31.7 Å². The van der Waals surface area contributed by atoms with Crippen LogP contribution >= 0.6 is 11.8 Å². The minimum atomic E-state index is -0.554. The molecule has 0 spiro atoms. The second-order valence-electron chi connectivity index (χ2n) is 5.56. The van der Waals surface area contributed by atoms with Crippen molar-refractivity contribution in [3.63, 3.8) is 0 Å². The van der Waals surface area contributed by atoms with Crippen LogP contribution in [-0.4, -0.2) is 26.2 Å². The van der Waals surface area contributed by atoms with E-state index in [1.807, 2.05) is 30.0 Å². The Morgan fingerprint density at radius 2 is 2.20 bits per heavy atom. The molecule has 1 aliphatic heterocycles. The van der Waals surface area contributed by atoms with E-state index < -0.39 is 6.10 Å². The fraction of sp³-hybridized carbons (Fsp3) is 0.533. The molecule has 1 aromatic carbocycles. The van der Waals surface area contributed by atoms with Gasteiger partial charge in [0.2, 0.25) is 0 Å². The van der Waals surface area contributed by atoms with E-state index in [-0.39, 0.29) is 0 Å². The number of fused-ring (bicyclic) bond motifs is 1. The monoisotopic (exact) mass is 291 g/mol. The van der Waals surface area contributed by atoms with Crippen LogP contribution in [0, 0.1) is 5.92 Å². The Morgan fingerprint density at radius 1 is 1.45 bits per heavy atom. The first-order valence-electron chi connectivity index (χ1n) is 7.16. The summed E-state index contributed by atoms with van der Waals surface area (Å²) in [4.78, 5) is 4.57. The van der Waals surface area contributed by atoms with E-state index in [2.05, 4.69) is 9.55 Å². The summed E-state index contributed by atoms with van der Waals surface area (Å²) in [5.41, 5.74) is 8.50. The number of aliphatic hydroxyl groups excluding tert-OH is 1. The first-order chi connectivity index (χ1) is 9.65. The van der Waals surface area contributed by atoms with Crippen molar-refractivity contribution in [1.29, 1.82) is 0 Å². The molecule has 0 bridgehead atoms. The summed E-state index contributed by atoms with van der Waals surface area (Å²) in [6, 6.07) is 5.80. The quantitative estimate of drug-likeness (QED) is 0.854. The highest BCUT2D eigenvalue weighted by Gasteiger charge is 2.20. The maximum atomic E-state index is 9.99. The van der Waals surface area contributed by atoms with E-state index in [1.165, 1.54) is 24.3 Å². The molecule has 1 atom stereocenters. The fourth-order valence-electron chi connectivity index (χ4n) is 2.86. The minimum Gasteiger partial charge on any atom is -0.399 e. The number of rotatable bonds is 3. The molecule has 1 unspecified atom stereocenters. The Kier molecular flexibility index (Phi) is 3.89. The molecule has 20 heavy (non-hydrogen) atoms. The highest BCUT2D eigenvalue weighted by atomic mass is 32.2. The van der Waals surface area contributed by atoms with Crippen LogP contribution in [0.3, 0.4) is 0 Å². The lowest BCUT2D eigenvalue weighted by Gasteiger charge is -2.23. The number of aromatic nitrogens is 2. The summed E-state index contributed by atoms with van der Waals surface area (Å²) in [5.74, 6) is 3.93. The summed E-state index contributed by atoms with van der Waals surface area (Å²) in [7, 11) is 0. The highest BCUT2D eigenvalue weighted by Crippen LogP contribution is 2.28. The van der Waals surface area contributed by atoms with Crippen molar-refractivity contribution < 1.29 is 5.11 Å². The number of anilines is 1. The van der Waals surface area contributed by atoms with Gasteiger partial charge in [0.05, 0.1) is 11.0 Å². The molecule has 108 valence electrons. The number of nitrogen functional groups attached to an aromatic ring is 1. The van der Waals surface area contributed by atoms with Crippen LogP contribution in [0.15, 0.2) is 18.2 Å². The molecule has 0 aliphatic carbocycles. The SMILES string of the molecule is CC(O)c1nc2cc(N)ccc2n1CC1CCSCC1. The molecule has 1 fully saturated rings. The van der Waals surface area contributed by atoms with Gasteiger partial charge in [0.15, 0.2) is 0 Å². The second kappa shape index (κ2) is 5.66. The van der Waals surface area contributed by atoms with Crippen molar-refractivity contribution in [3.05, 3.63) is 24.0 Å². The standard InChI is InChI=1S/C15H21N3OS/c1-10(19)15-17-13-8-12(16)2-3-14(13)18(15)9-11-4-6-20-7-5-11/h2-3,8,10-11,19H,4-7,9,16H2,1H3. The molecule has 1 aliphatic rings. The lowest BCUT2D eigenvalue weighted by molar-refractivity contribution is 0.182. The van der Waals surface area contributed by atoms with Gasteiger partial charge in [-0.05, 0) is 55.4 Å². The van der Waals surface area contributed by atoms with Gasteiger partial charge in [-0.3, -0.25) is 0 Å². The van der Waals surface area contributed by atoms with Gasteiger partial charge in [0.25, 0.3) is 0 Å². The third-order valence-corrected chi connectivity index (χ3v) is 5.01. The van der Waals surface area contributed by atoms with Crippen LogP contribution in [0.25, 0.3) is 11.0 Å². The van der Waals surface area contributed by atoms with Crippen molar-refractivity contribution >= 4 is 28.5 Å². The molecule has 0 radical (unpaired) electrons. The molecule has 3 rings (SSSR count). The summed E-state index contributed by atoms with van der Waals surface area (Å²) in [5, 5.41) is 9.99. The van der Waals surface area contributed by atoms with E-state index in [0.717, 1.165) is 23.4 Å². The molecule has 0 amide bonds. The van der Waals surface area contributed by atoms with E-state index in [1.54, 1.807) is 6.92 Å². The van der Waals surface area contributed by atoms with E-state index in [0.29, 0.717) is 11.6 Å². The topological polar surface area (TPSA) is 64.1 Å². The summed E-state index contributed by atoms with van der Waals surface area (Å²) in [6.07, 6.45) is 1.94. The lowest BCUT2D eigenvalue weighted by Crippen LogP contribution is -2.18. The average Bonchev–Trinajstić information content (AvgIpc) is 2.78. The van der Waals surface area contributed by atoms with Gasteiger partial charge in [0.1, 0.15) is 11.9 Å². The maximum Gasteiger partial charge on any atom is 0.138 e.